The predicted octanol–water partition coefficient (Wildman–Crippen LogP) is 1.78. The minimum absolute atomic E-state index is 0.0254. The van der Waals surface area contributed by atoms with Crippen LogP contribution in [-0.2, 0) is 22.5 Å². The number of para-hydroxylation sites is 1. The number of aryl methyl sites for hydroxylation is 1. The fourth-order valence-electron chi connectivity index (χ4n) is 1.87. The highest BCUT2D eigenvalue weighted by Gasteiger charge is 2.15. The number of ether oxygens (including phenoxy) is 1. The lowest BCUT2D eigenvalue weighted by Crippen LogP contribution is -2.16. The van der Waals surface area contributed by atoms with Crippen LogP contribution in [0.5, 0.6) is 5.75 Å². The molecule has 0 bridgehead atoms. The van der Waals surface area contributed by atoms with E-state index >= 15 is 0 Å². The van der Waals surface area contributed by atoms with E-state index in [2.05, 4.69) is 10.1 Å². The lowest BCUT2D eigenvalue weighted by Gasteiger charge is -2.03. The molecule has 0 saturated carbocycles. The number of aromatic nitrogens is 3. The largest absolute Gasteiger partial charge is 0.507 e. The van der Waals surface area contributed by atoms with E-state index in [1.165, 1.54) is 4.68 Å². The number of esters is 1. The number of phenolic OH excluding ortho intramolecular Hbond substituents is 1. The average Bonchev–Trinajstić information content (AvgIpc) is 2.82. The summed E-state index contributed by atoms with van der Waals surface area (Å²) in [6.07, 6.45) is 0.639. The van der Waals surface area contributed by atoms with Gasteiger partial charge in [0.2, 0.25) is 0 Å². The van der Waals surface area contributed by atoms with Gasteiger partial charge in [-0.25, -0.2) is 9.67 Å². The minimum atomic E-state index is -0.351. The monoisotopic (exact) mass is 275 g/mol. The van der Waals surface area contributed by atoms with Crippen molar-refractivity contribution >= 4 is 5.97 Å². The maximum absolute atomic E-state index is 11.5. The van der Waals surface area contributed by atoms with Gasteiger partial charge in [-0.3, -0.25) is 4.79 Å². The Hall–Kier alpha value is -2.37. The van der Waals surface area contributed by atoms with Gasteiger partial charge in [0.15, 0.2) is 5.82 Å². The SMILES string of the molecule is CCOC(=O)Cn1nc(-c2ccccc2O)nc1CC. The van der Waals surface area contributed by atoms with Crippen LogP contribution in [0.25, 0.3) is 11.4 Å². The van der Waals surface area contributed by atoms with Crippen molar-refractivity contribution in [2.75, 3.05) is 6.61 Å². The summed E-state index contributed by atoms with van der Waals surface area (Å²) in [5.41, 5.74) is 0.546. The first-order chi connectivity index (χ1) is 9.65. The second kappa shape index (κ2) is 6.18. The molecule has 0 radical (unpaired) electrons. The maximum atomic E-state index is 11.5. The Balaban J connectivity index is 2.31. The van der Waals surface area contributed by atoms with Crippen LogP contribution in [0.2, 0.25) is 0 Å². The molecule has 0 aliphatic carbocycles. The van der Waals surface area contributed by atoms with Crippen LogP contribution in [0.3, 0.4) is 0 Å². The Morgan fingerprint density at radius 3 is 2.75 bits per heavy atom. The van der Waals surface area contributed by atoms with Gasteiger partial charge in [0.25, 0.3) is 0 Å². The summed E-state index contributed by atoms with van der Waals surface area (Å²) in [5.74, 6) is 0.847. The molecule has 0 saturated heterocycles. The molecule has 0 unspecified atom stereocenters. The van der Waals surface area contributed by atoms with Gasteiger partial charge in [-0.2, -0.15) is 5.10 Å². The second-order valence-corrected chi connectivity index (χ2v) is 4.19. The lowest BCUT2D eigenvalue weighted by atomic mass is 10.2. The second-order valence-electron chi connectivity index (χ2n) is 4.19. The van der Waals surface area contributed by atoms with Crippen molar-refractivity contribution in [1.29, 1.82) is 0 Å². The van der Waals surface area contributed by atoms with Crippen molar-refractivity contribution in [1.82, 2.24) is 14.8 Å². The lowest BCUT2D eigenvalue weighted by molar-refractivity contribution is -0.144. The topological polar surface area (TPSA) is 77.2 Å². The molecule has 2 aromatic rings. The Morgan fingerprint density at radius 2 is 2.10 bits per heavy atom. The average molecular weight is 275 g/mol. The third kappa shape index (κ3) is 2.96. The number of nitrogens with zero attached hydrogens (tertiary/aromatic N) is 3. The van der Waals surface area contributed by atoms with Crippen LogP contribution in [-0.4, -0.2) is 32.4 Å². The first-order valence-corrected chi connectivity index (χ1v) is 6.53. The fraction of sp³-hybridized carbons (Fsp3) is 0.357. The van der Waals surface area contributed by atoms with E-state index in [-0.39, 0.29) is 18.3 Å². The van der Waals surface area contributed by atoms with Gasteiger partial charge in [-0.1, -0.05) is 19.1 Å². The summed E-state index contributed by atoms with van der Waals surface area (Å²) in [6.45, 7) is 4.05. The standard InChI is InChI=1S/C14H17N3O3/c1-3-12-15-14(10-7-5-6-8-11(10)18)16-17(12)9-13(19)20-4-2/h5-8,18H,3-4,9H2,1-2H3. The van der Waals surface area contributed by atoms with E-state index in [1.54, 1.807) is 31.2 Å². The van der Waals surface area contributed by atoms with Crippen LogP contribution >= 0.6 is 0 Å². The van der Waals surface area contributed by atoms with Crippen LogP contribution < -0.4 is 0 Å². The van der Waals surface area contributed by atoms with Crippen molar-refractivity contribution in [3.8, 4) is 17.1 Å². The molecule has 20 heavy (non-hydrogen) atoms. The number of hydrogen-bond acceptors (Lipinski definition) is 5. The molecule has 1 heterocycles. The Labute approximate surface area is 117 Å². The van der Waals surface area contributed by atoms with Crippen molar-refractivity contribution in [3.05, 3.63) is 30.1 Å². The maximum Gasteiger partial charge on any atom is 0.327 e. The zero-order chi connectivity index (χ0) is 14.5. The minimum Gasteiger partial charge on any atom is -0.507 e. The molecule has 0 spiro atoms. The molecule has 0 atom stereocenters. The van der Waals surface area contributed by atoms with Crippen LogP contribution in [0.4, 0.5) is 0 Å². The summed E-state index contributed by atoms with van der Waals surface area (Å²) in [6, 6.07) is 6.84. The van der Waals surface area contributed by atoms with Gasteiger partial charge < -0.3 is 9.84 Å². The Bertz CT molecular complexity index is 607. The van der Waals surface area contributed by atoms with E-state index in [0.717, 1.165) is 0 Å². The van der Waals surface area contributed by atoms with Gasteiger partial charge in [0.05, 0.1) is 12.2 Å². The first kappa shape index (κ1) is 14.0. The van der Waals surface area contributed by atoms with Crippen molar-refractivity contribution in [2.24, 2.45) is 0 Å². The van der Waals surface area contributed by atoms with E-state index in [9.17, 15) is 9.90 Å². The quantitative estimate of drug-likeness (QED) is 0.841. The molecule has 2 rings (SSSR count). The highest BCUT2D eigenvalue weighted by Crippen LogP contribution is 2.26. The molecule has 0 fully saturated rings. The fourth-order valence-corrected chi connectivity index (χ4v) is 1.87. The van der Waals surface area contributed by atoms with Crippen LogP contribution in [0, 0.1) is 0 Å². The molecular formula is C14H17N3O3. The summed E-state index contributed by atoms with van der Waals surface area (Å²) >= 11 is 0. The Kier molecular flexibility index (Phi) is 4.34. The Morgan fingerprint density at radius 1 is 1.35 bits per heavy atom. The zero-order valence-electron chi connectivity index (χ0n) is 11.5. The van der Waals surface area contributed by atoms with E-state index in [1.807, 2.05) is 6.92 Å². The van der Waals surface area contributed by atoms with E-state index in [4.69, 9.17) is 4.74 Å². The first-order valence-electron chi connectivity index (χ1n) is 6.53. The highest BCUT2D eigenvalue weighted by molar-refractivity contribution is 5.69. The van der Waals surface area contributed by atoms with Crippen molar-refractivity contribution in [3.63, 3.8) is 0 Å². The molecular weight excluding hydrogens is 258 g/mol. The molecule has 0 aliphatic heterocycles. The molecule has 6 heteroatoms. The van der Waals surface area contributed by atoms with Gasteiger partial charge in [-0.15, -0.1) is 0 Å². The van der Waals surface area contributed by atoms with Crippen LogP contribution in [0.1, 0.15) is 19.7 Å². The van der Waals surface area contributed by atoms with Gasteiger partial charge in [0, 0.05) is 6.42 Å². The highest BCUT2D eigenvalue weighted by atomic mass is 16.5. The summed E-state index contributed by atoms with van der Waals surface area (Å²) in [5, 5.41) is 14.1. The predicted molar refractivity (Wildman–Crippen MR) is 73.1 cm³/mol. The van der Waals surface area contributed by atoms with E-state index < -0.39 is 0 Å². The summed E-state index contributed by atoms with van der Waals surface area (Å²) < 4.78 is 6.42. The van der Waals surface area contributed by atoms with Crippen molar-refractivity contribution < 1.29 is 14.6 Å². The molecule has 6 nitrogen and oxygen atoms in total. The smallest absolute Gasteiger partial charge is 0.327 e. The third-order valence-electron chi connectivity index (χ3n) is 2.79. The van der Waals surface area contributed by atoms with E-state index in [0.29, 0.717) is 30.2 Å². The summed E-state index contributed by atoms with van der Waals surface area (Å²) in [4.78, 5) is 15.9. The normalized spacial score (nSPS) is 10.5. The molecule has 1 N–H and O–H groups in total. The molecule has 1 aromatic heterocycles. The zero-order valence-corrected chi connectivity index (χ0v) is 11.5. The third-order valence-corrected chi connectivity index (χ3v) is 2.79. The van der Waals surface area contributed by atoms with Crippen molar-refractivity contribution in [2.45, 2.75) is 26.8 Å². The number of aromatic hydroxyl groups is 1. The van der Waals surface area contributed by atoms with Gasteiger partial charge in [-0.05, 0) is 19.1 Å². The number of rotatable bonds is 5. The number of carbonyl (C=O) groups is 1. The molecule has 0 amide bonds. The van der Waals surface area contributed by atoms with Gasteiger partial charge >= 0.3 is 5.97 Å². The van der Waals surface area contributed by atoms with Crippen LogP contribution in [0.15, 0.2) is 24.3 Å². The summed E-state index contributed by atoms with van der Waals surface area (Å²) in [7, 11) is 0. The molecule has 106 valence electrons. The number of phenols is 1. The molecule has 0 aliphatic rings. The number of hydrogen-bond donors (Lipinski definition) is 1. The van der Waals surface area contributed by atoms with Gasteiger partial charge in [0.1, 0.15) is 18.1 Å². The number of benzene rings is 1. The molecule has 1 aromatic carbocycles. The number of carbonyl (C=O) groups excluding carboxylic acids is 1.